The van der Waals surface area contributed by atoms with Gasteiger partial charge in [0.05, 0.1) is 5.56 Å². The van der Waals surface area contributed by atoms with Crippen LogP contribution in [0.1, 0.15) is 56.8 Å². The Morgan fingerprint density at radius 1 is 1.04 bits per heavy atom. The topological polar surface area (TPSA) is 101 Å². The number of hydrogen-bond acceptors (Lipinski definition) is 4. The lowest BCUT2D eigenvalue weighted by atomic mass is 10.1. The molecule has 0 saturated carbocycles. The largest absolute Gasteiger partial charge is 0.365 e. The molecule has 4 N–H and O–H groups in total. The first-order valence-electron chi connectivity index (χ1n) is 9.13. The Morgan fingerprint density at radius 3 is 2.52 bits per heavy atom. The summed E-state index contributed by atoms with van der Waals surface area (Å²) in [6, 6.07) is 8.84. The smallest absolute Gasteiger partial charge is 0.251 e. The van der Waals surface area contributed by atoms with Gasteiger partial charge in [0, 0.05) is 23.4 Å². The number of aryl methyl sites for hydroxylation is 1. The standard InChI is InChI=1S/C20H23N3O3S/c21-18(25)17-14-9-5-2-6-10-15(14)27-20(17)23-16(24)11-12-22-19(26)13-7-3-1-4-8-13/h1,3-4,7-8H,2,5-6,9-12H2,(H2,21,25)(H,22,26)(H,23,24). The summed E-state index contributed by atoms with van der Waals surface area (Å²) in [5, 5.41) is 6.07. The van der Waals surface area contributed by atoms with Crippen LogP contribution in [0.25, 0.3) is 0 Å². The Bertz CT molecular complexity index is 846. The van der Waals surface area contributed by atoms with Crippen molar-refractivity contribution < 1.29 is 14.4 Å². The van der Waals surface area contributed by atoms with Gasteiger partial charge in [0.25, 0.3) is 11.8 Å². The van der Waals surface area contributed by atoms with Gasteiger partial charge in [-0.2, -0.15) is 0 Å². The highest BCUT2D eigenvalue weighted by atomic mass is 32.1. The first kappa shape index (κ1) is 19.1. The first-order chi connectivity index (χ1) is 13.1. The molecule has 27 heavy (non-hydrogen) atoms. The van der Waals surface area contributed by atoms with E-state index in [-0.39, 0.29) is 24.8 Å². The second kappa shape index (κ2) is 8.81. The van der Waals surface area contributed by atoms with E-state index >= 15 is 0 Å². The number of carbonyl (C=O) groups excluding carboxylic acids is 3. The number of amides is 3. The van der Waals surface area contributed by atoms with Gasteiger partial charge < -0.3 is 16.4 Å². The zero-order valence-corrected chi connectivity index (χ0v) is 15.9. The molecule has 1 aliphatic rings. The maximum Gasteiger partial charge on any atom is 0.251 e. The summed E-state index contributed by atoms with van der Waals surface area (Å²) in [6.07, 6.45) is 5.13. The quantitative estimate of drug-likeness (QED) is 0.666. The number of anilines is 1. The van der Waals surface area contributed by atoms with E-state index in [2.05, 4.69) is 10.6 Å². The van der Waals surface area contributed by atoms with Crippen LogP contribution in [-0.4, -0.2) is 24.3 Å². The maximum atomic E-state index is 12.3. The Kier molecular flexibility index (Phi) is 6.24. The molecule has 1 aromatic heterocycles. The fraction of sp³-hybridized carbons (Fsp3) is 0.350. The molecule has 0 unspecified atom stereocenters. The van der Waals surface area contributed by atoms with E-state index in [1.165, 1.54) is 11.3 Å². The highest BCUT2D eigenvalue weighted by molar-refractivity contribution is 7.17. The fourth-order valence-electron chi connectivity index (χ4n) is 3.26. The van der Waals surface area contributed by atoms with Crippen molar-refractivity contribution in [3.63, 3.8) is 0 Å². The first-order valence-corrected chi connectivity index (χ1v) is 9.95. The van der Waals surface area contributed by atoms with Crippen molar-refractivity contribution in [3.05, 3.63) is 51.9 Å². The molecule has 2 aromatic rings. The maximum absolute atomic E-state index is 12.3. The van der Waals surface area contributed by atoms with E-state index in [4.69, 9.17) is 5.73 Å². The number of nitrogens with two attached hydrogens (primary N) is 1. The number of thiophene rings is 1. The minimum Gasteiger partial charge on any atom is -0.365 e. The predicted molar refractivity (Wildman–Crippen MR) is 106 cm³/mol. The van der Waals surface area contributed by atoms with Crippen molar-refractivity contribution in [1.29, 1.82) is 0 Å². The van der Waals surface area contributed by atoms with E-state index in [0.717, 1.165) is 42.5 Å². The van der Waals surface area contributed by atoms with Crippen LogP contribution < -0.4 is 16.4 Å². The molecule has 0 radical (unpaired) electrons. The summed E-state index contributed by atoms with van der Waals surface area (Å²) >= 11 is 1.45. The Morgan fingerprint density at radius 2 is 1.78 bits per heavy atom. The van der Waals surface area contributed by atoms with Crippen molar-refractivity contribution in [1.82, 2.24) is 5.32 Å². The minimum absolute atomic E-state index is 0.124. The van der Waals surface area contributed by atoms with Crippen LogP contribution in [-0.2, 0) is 17.6 Å². The third kappa shape index (κ3) is 4.74. The Hall–Kier alpha value is -2.67. The van der Waals surface area contributed by atoms with Crippen LogP contribution in [0, 0.1) is 0 Å². The monoisotopic (exact) mass is 385 g/mol. The van der Waals surface area contributed by atoms with Gasteiger partial charge in [0.1, 0.15) is 5.00 Å². The molecule has 1 heterocycles. The highest BCUT2D eigenvalue weighted by Gasteiger charge is 2.24. The molecule has 1 aromatic carbocycles. The van der Waals surface area contributed by atoms with Gasteiger partial charge in [-0.15, -0.1) is 11.3 Å². The summed E-state index contributed by atoms with van der Waals surface area (Å²) in [7, 11) is 0. The molecule has 3 amide bonds. The van der Waals surface area contributed by atoms with Crippen LogP contribution in [0.3, 0.4) is 0 Å². The summed E-state index contributed by atoms with van der Waals surface area (Å²) in [4.78, 5) is 37.3. The summed E-state index contributed by atoms with van der Waals surface area (Å²) in [6.45, 7) is 0.219. The second-order valence-electron chi connectivity index (χ2n) is 6.55. The van der Waals surface area contributed by atoms with Crippen LogP contribution in [0.4, 0.5) is 5.00 Å². The molecule has 3 rings (SSSR count). The molecular weight excluding hydrogens is 362 g/mol. The fourth-order valence-corrected chi connectivity index (χ4v) is 4.57. The Labute approximate surface area is 162 Å². The van der Waals surface area contributed by atoms with E-state index in [1.54, 1.807) is 24.3 Å². The molecule has 0 saturated heterocycles. The molecule has 0 atom stereocenters. The molecule has 1 aliphatic carbocycles. The zero-order valence-electron chi connectivity index (χ0n) is 15.0. The molecule has 142 valence electrons. The average Bonchev–Trinajstić information content (AvgIpc) is 2.83. The van der Waals surface area contributed by atoms with Crippen LogP contribution in [0.15, 0.2) is 30.3 Å². The summed E-state index contributed by atoms with van der Waals surface area (Å²) in [5.74, 6) is -0.964. The Balaban J connectivity index is 1.59. The number of carbonyl (C=O) groups is 3. The average molecular weight is 385 g/mol. The molecule has 6 nitrogen and oxygen atoms in total. The van der Waals surface area contributed by atoms with Gasteiger partial charge in [-0.05, 0) is 43.4 Å². The summed E-state index contributed by atoms with van der Waals surface area (Å²) in [5.41, 5.74) is 7.58. The number of nitrogens with one attached hydrogen (secondary N) is 2. The lowest BCUT2D eigenvalue weighted by molar-refractivity contribution is -0.116. The van der Waals surface area contributed by atoms with Crippen molar-refractivity contribution in [3.8, 4) is 0 Å². The van der Waals surface area contributed by atoms with E-state index in [1.807, 2.05) is 6.07 Å². The van der Waals surface area contributed by atoms with Crippen molar-refractivity contribution in [2.45, 2.75) is 38.5 Å². The zero-order chi connectivity index (χ0) is 19.2. The third-order valence-corrected chi connectivity index (χ3v) is 5.80. The molecule has 0 aliphatic heterocycles. The molecule has 0 fully saturated rings. The predicted octanol–water partition coefficient (Wildman–Crippen LogP) is 2.87. The van der Waals surface area contributed by atoms with Gasteiger partial charge in [-0.1, -0.05) is 24.6 Å². The lowest BCUT2D eigenvalue weighted by Gasteiger charge is -2.07. The van der Waals surface area contributed by atoms with Gasteiger partial charge in [-0.3, -0.25) is 14.4 Å². The molecule has 0 spiro atoms. The lowest BCUT2D eigenvalue weighted by Crippen LogP contribution is -2.27. The number of hydrogen-bond donors (Lipinski definition) is 3. The van der Waals surface area contributed by atoms with Crippen LogP contribution >= 0.6 is 11.3 Å². The van der Waals surface area contributed by atoms with Crippen molar-refractivity contribution in [2.24, 2.45) is 5.73 Å². The number of benzene rings is 1. The minimum atomic E-state index is -0.498. The number of primary amides is 1. The van der Waals surface area contributed by atoms with E-state index in [9.17, 15) is 14.4 Å². The van der Waals surface area contributed by atoms with Crippen LogP contribution in [0.2, 0.25) is 0 Å². The van der Waals surface area contributed by atoms with E-state index < -0.39 is 5.91 Å². The molecule has 7 heteroatoms. The third-order valence-electron chi connectivity index (χ3n) is 4.59. The van der Waals surface area contributed by atoms with Gasteiger partial charge >= 0.3 is 0 Å². The molecule has 0 bridgehead atoms. The van der Waals surface area contributed by atoms with Gasteiger partial charge in [-0.25, -0.2) is 0 Å². The second-order valence-corrected chi connectivity index (χ2v) is 7.66. The summed E-state index contributed by atoms with van der Waals surface area (Å²) < 4.78 is 0. The SMILES string of the molecule is NC(=O)c1c(NC(=O)CCNC(=O)c2ccccc2)sc2c1CCCCC2. The van der Waals surface area contributed by atoms with E-state index in [0.29, 0.717) is 16.1 Å². The van der Waals surface area contributed by atoms with Crippen LogP contribution in [0.5, 0.6) is 0 Å². The van der Waals surface area contributed by atoms with Gasteiger partial charge in [0.15, 0.2) is 0 Å². The number of fused-ring (bicyclic) bond motifs is 1. The van der Waals surface area contributed by atoms with Crippen molar-refractivity contribution >= 4 is 34.1 Å². The normalized spacial score (nSPS) is 13.3. The molecular formula is C20H23N3O3S. The number of rotatable bonds is 6. The highest BCUT2D eigenvalue weighted by Crippen LogP contribution is 2.37. The van der Waals surface area contributed by atoms with Gasteiger partial charge in [0.2, 0.25) is 5.91 Å². The van der Waals surface area contributed by atoms with Crippen molar-refractivity contribution in [2.75, 3.05) is 11.9 Å².